The molecule has 0 aliphatic rings. The van der Waals surface area contributed by atoms with Crippen molar-refractivity contribution < 1.29 is 9.85 Å². The highest BCUT2D eigenvalue weighted by Crippen LogP contribution is 2.28. The third-order valence-corrected chi connectivity index (χ3v) is 2.03. The lowest BCUT2D eigenvalue weighted by atomic mass is 9.99. The molecule has 0 radical (unpaired) electrons. The van der Waals surface area contributed by atoms with Crippen molar-refractivity contribution in [1.82, 2.24) is 0 Å². The number of nitrogens with zero attached hydrogens (tertiary/aromatic N) is 3. The van der Waals surface area contributed by atoms with Crippen molar-refractivity contribution in [3.05, 3.63) is 38.4 Å². The zero-order valence-corrected chi connectivity index (χ0v) is 10.8. The van der Waals surface area contributed by atoms with Crippen molar-refractivity contribution in [2.75, 3.05) is 5.43 Å². The number of non-ortho nitro benzene ring substituents is 1. The summed E-state index contributed by atoms with van der Waals surface area (Å²) in [7, 11) is 0. The molecule has 0 aromatic heterocycles. The van der Waals surface area contributed by atoms with Crippen LogP contribution in [0, 0.1) is 25.6 Å². The predicted molar refractivity (Wildman–Crippen MR) is 71.3 cm³/mol. The fraction of sp³-hybridized carbons (Fsp3) is 0.364. The topological polar surface area (TPSA) is 111 Å². The molecule has 8 heteroatoms. The second kappa shape index (κ2) is 5.42. The van der Waals surface area contributed by atoms with Gasteiger partial charge in [-0.05, 0) is 11.5 Å². The molecule has 1 N–H and O–H groups in total. The maximum atomic E-state index is 10.8. The Labute approximate surface area is 109 Å². The first-order chi connectivity index (χ1) is 8.70. The molecule has 19 heavy (non-hydrogen) atoms. The van der Waals surface area contributed by atoms with Crippen LogP contribution in [0.4, 0.5) is 17.1 Å². The molecule has 1 aromatic rings. The summed E-state index contributed by atoms with van der Waals surface area (Å²) in [6.45, 7) is 5.76. The van der Waals surface area contributed by atoms with Crippen LogP contribution in [0.5, 0.6) is 0 Å². The number of hydrogen-bond acceptors (Lipinski definition) is 6. The smallest absolute Gasteiger partial charge is 0.272 e. The Kier molecular flexibility index (Phi) is 4.15. The summed E-state index contributed by atoms with van der Waals surface area (Å²) < 4.78 is 0. The Morgan fingerprint density at radius 3 is 2.32 bits per heavy atom. The molecule has 0 heterocycles. The summed E-state index contributed by atoms with van der Waals surface area (Å²) >= 11 is 0. The van der Waals surface area contributed by atoms with Crippen LogP contribution in [-0.2, 0) is 0 Å². The van der Waals surface area contributed by atoms with Crippen LogP contribution >= 0.6 is 0 Å². The second-order valence-electron chi connectivity index (χ2n) is 4.95. The molecule has 0 aliphatic heterocycles. The maximum absolute atomic E-state index is 10.8. The lowest BCUT2D eigenvalue weighted by Crippen LogP contribution is -2.08. The molecule has 0 saturated heterocycles. The molecule has 8 nitrogen and oxygen atoms in total. The molecule has 0 atom stereocenters. The van der Waals surface area contributed by atoms with Gasteiger partial charge < -0.3 is 0 Å². The molecule has 0 fully saturated rings. The van der Waals surface area contributed by atoms with Gasteiger partial charge in [0.1, 0.15) is 5.69 Å². The van der Waals surface area contributed by atoms with Gasteiger partial charge in [0, 0.05) is 12.3 Å². The van der Waals surface area contributed by atoms with E-state index in [9.17, 15) is 20.2 Å². The van der Waals surface area contributed by atoms with Crippen molar-refractivity contribution in [3.8, 4) is 0 Å². The fourth-order valence-corrected chi connectivity index (χ4v) is 1.17. The van der Waals surface area contributed by atoms with E-state index in [4.69, 9.17) is 0 Å². The Hall–Kier alpha value is -2.51. The summed E-state index contributed by atoms with van der Waals surface area (Å²) in [5.74, 6) is 0. The van der Waals surface area contributed by atoms with E-state index >= 15 is 0 Å². The molecular formula is C11H14N4O4. The van der Waals surface area contributed by atoms with E-state index in [2.05, 4.69) is 10.5 Å². The van der Waals surface area contributed by atoms with Crippen LogP contribution in [0.15, 0.2) is 23.3 Å². The van der Waals surface area contributed by atoms with Crippen molar-refractivity contribution in [3.63, 3.8) is 0 Å². The van der Waals surface area contributed by atoms with Crippen molar-refractivity contribution in [2.45, 2.75) is 20.8 Å². The third kappa shape index (κ3) is 4.34. The Morgan fingerprint density at radius 1 is 1.21 bits per heavy atom. The Morgan fingerprint density at radius 2 is 1.84 bits per heavy atom. The number of hydrazone groups is 1. The zero-order valence-electron chi connectivity index (χ0n) is 10.8. The van der Waals surface area contributed by atoms with Crippen LogP contribution in [0.1, 0.15) is 20.8 Å². The average Bonchev–Trinajstić information content (AvgIpc) is 2.27. The normalized spacial score (nSPS) is 11.5. The Bertz CT molecular complexity index is 534. The van der Waals surface area contributed by atoms with Gasteiger partial charge in [-0.1, -0.05) is 20.8 Å². The van der Waals surface area contributed by atoms with Crippen LogP contribution < -0.4 is 5.43 Å². The molecule has 0 bridgehead atoms. The number of anilines is 1. The van der Waals surface area contributed by atoms with Crippen molar-refractivity contribution in [1.29, 1.82) is 0 Å². The highest BCUT2D eigenvalue weighted by molar-refractivity contribution is 5.69. The second-order valence-corrected chi connectivity index (χ2v) is 4.95. The summed E-state index contributed by atoms with van der Waals surface area (Å²) in [5, 5.41) is 25.3. The third-order valence-electron chi connectivity index (χ3n) is 2.03. The summed E-state index contributed by atoms with van der Waals surface area (Å²) in [6.07, 6.45) is 1.60. The number of nitro groups is 2. The van der Waals surface area contributed by atoms with E-state index in [-0.39, 0.29) is 22.5 Å². The van der Waals surface area contributed by atoms with Crippen LogP contribution in [0.25, 0.3) is 0 Å². The van der Waals surface area contributed by atoms with E-state index < -0.39 is 9.85 Å². The quantitative estimate of drug-likeness (QED) is 0.511. The molecule has 0 amide bonds. The minimum absolute atomic E-state index is 0.108. The summed E-state index contributed by atoms with van der Waals surface area (Å²) in [4.78, 5) is 20.0. The first-order valence-electron chi connectivity index (χ1n) is 5.44. The molecular weight excluding hydrogens is 252 g/mol. The largest absolute Gasteiger partial charge is 0.301 e. The summed E-state index contributed by atoms with van der Waals surface area (Å²) in [6, 6.07) is 3.34. The van der Waals surface area contributed by atoms with Gasteiger partial charge in [-0.25, -0.2) is 0 Å². The number of nitro benzene ring substituents is 2. The molecule has 0 saturated carbocycles. The SMILES string of the molecule is CC(C)(C)C=NNc1ccc([N+](=O)[O-])cc1[N+](=O)[O-]. The molecule has 0 spiro atoms. The van der Waals surface area contributed by atoms with Gasteiger partial charge in [-0.2, -0.15) is 5.10 Å². The zero-order chi connectivity index (χ0) is 14.6. The van der Waals surface area contributed by atoms with E-state index in [1.165, 1.54) is 12.1 Å². The van der Waals surface area contributed by atoms with Gasteiger partial charge >= 0.3 is 5.69 Å². The monoisotopic (exact) mass is 266 g/mol. The minimum Gasteiger partial charge on any atom is -0.272 e. The van der Waals surface area contributed by atoms with Gasteiger partial charge in [0.25, 0.3) is 5.69 Å². The van der Waals surface area contributed by atoms with Gasteiger partial charge in [0.2, 0.25) is 0 Å². The number of benzene rings is 1. The number of hydrogen-bond donors (Lipinski definition) is 1. The number of rotatable bonds is 4. The first kappa shape index (κ1) is 14.6. The van der Waals surface area contributed by atoms with Crippen molar-refractivity contribution >= 4 is 23.3 Å². The standard InChI is InChI=1S/C11H14N4O4/c1-11(2,3)7-12-13-9-5-4-8(14(16)17)6-10(9)15(18)19/h4-7,13H,1-3H3. The van der Waals surface area contributed by atoms with Gasteiger partial charge in [0.05, 0.1) is 15.9 Å². The lowest BCUT2D eigenvalue weighted by Gasteiger charge is -2.10. The van der Waals surface area contributed by atoms with Crippen LogP contribution in [-0.4, -0.2) is 16.1 Å². The van der Waals surface area contributed by atoms with E-state index in [0.29, 0.717) is 0 Å². The van der Waals surface area contributed by atoms with Gasteiger partial charge in [0.15, 0.2) is 0 Å². The number of nitrogens with one attached hydrogen (secondary N) is 1. The molecule has 0 unspecified atom stereocenters. The van der Waals surface area contributed by atoms with Crippen LogP contribution in [0.3, 0.4) is 0 Å². The molecule has 102 valence electrons. The molecule has 1 rings (SSSR count). The van der Waals surface area contributed by atoms with E-state index in [1.807, 2.05) is 20.8 Å². The van der Waals surface area contributed by atoms with Crippen molar-refractivity contribution in [2.24, 2.45) is 10.5 Å². The van der Waals surface area contributed by atoms with E-state index in [0.717, 1.165) is 6.07 Å². The highest BCUT2D eigenvalue weighted by Gasteiger charge is 2.19. The maximum Gasteiger partial charge on any atom is 0.301 e. The van der Waals surface area contributed by atoms with Gasteiger partial charge in [-0.3, -0.25) is 25.7 Å². The molecule has 1 aromatic carbocycles. The first-order valence-corrected chi connectivity index (χ1v) is 5.44. The van der Waals surface area contributed by atoms with Crippen LogP contribution in [0.2, 0.25) is 0 Å². The minimum atomic E-state index is -0.693. The highest BCUT2D eigenvalue weighted by atomic mass is 16.6. The predicted octanol–water partition coefficient (Wildman–Crippen LogP) is 2.95. The average molecular weight is 266 g/mol. The lowest BCUT2D eigenvalue weighted by molar-refractivity contribution is -0.393. The molecule has 0 aliphatic carbocycles. The van der Waals surface area contributed by atoms with E-state index in [1.54, 1.807) is 6.21 Å². The fourth-order valence-electron chi connectivity index (χ4n) is 1.17. The Balaban J connectivity index is 3.04. The van der Waals surface area contributed by atoms with Gasteiger partial charge in [-0.15, -0.1) is 0 Å². The summed E-state index contributed by atoms with van der Waals surface area (Å²) in [5.41, 5.74) is 1.73.